The van der Waals surface area contributed by atoms with E-state index >= 15 is 0 Å². The van der Waals surface area contributed by atoms with Gasteiger partial charge in [0.2, 0.25) is 11.8 Å². The molecule has 27 heavy (non-hydrogen) atoms. The molecule has 1 aromatic heterocycles. The first-order valence-corrected chi connectivity index (χ1v) is 9.79. The van der Waals surface area contributed by atoms with Crippen molar-refractivity contribution in [3.05, 3.63) is 11.7 Å². The molecule has 0 aliphatic carbocycles. The first-order chi connectivity index (χ1) is 12.7. The van der Waals surface area contributed by atoms with Gasteiger partial charge in [0.05, 0.1) is 6.04 Å². The second-order valence-corrected chi connectivity index (χ2v) is 8.51. The molecule has 0 spiro atoms. The summed E-state index contributed by atoms with van der Waals surface area (Å²) >= 11 is 0. The molecule has 2 fully saturated rings. The van der Waals surface area contributed by atoms with E-state index < -0.39 is 5.60 Å². The lowest BCUT2D eigenvalue weighted by molar-refractivity contribution is -0.133. The topological polar surface area (TPSA) is 88.8 Å². The van der Waals surface area contributed by atoms with Gasteiger partial charge in [-0.15, -0.1) is 0 Å². The number of rotatable bonds is 4. The molecule has 150 valence electrons. The number of piperidine rings is 1. The predicted octanol–water partition coefficient (Wildman–Crippen LogP) is 2.56. The minimum absolute atomic E-state index is 0.0659. The molecule has 0 N–H and O–H groups in total. The van der Waals surface area contributed by atoms with E-state index in [1.165, 1.54) is 0 Å². The SMILES string of the molecule is Cc1noc(CCCC(=O)N2CC[C@@H]3CCN(C(=O)OC(C)(C)C)[C@H]3C2)n1. The van der Waals surface area contributed by atoms with E-state index in [0.717, 1.165) is 19.4 Å². The van der Waals surface area contributed by atoms with Crippen LogP contribution in [0.3, 0.4) is 0 Å². The number of hydrogen-bond acceptors (Lipinski definition) is 6. The second-order valence-electron chi connectivity index (χ2n) is 8.51. The first-order valence-electron chi connectivity index (χ1n) is 9.79. The van der Waals surface area contributed by atoms with E-state index in [4.69, 9.17) is 9.26 Å². The summed E-state index contributed by atoms with van der Waals surface area (Å²) in [5.41, 5.74) is -0.507. The molecular weight excluding hydrogens is 348 g/mol. The highest BCUT2D eigenvalue weighted by Crippen LogP contribution is 2.33. The Kier molecular flexibility index (Phi) is 5.72. The zero-order chi connectivity index (χ0) is 19.6. The van der Waals surface area contributed by atoms with Crippen LogP contribution in [-0.4, -0.2) is 63.2 Å². The van der Waals surface area contributed by atoms with Crippen molar-refractivity contribution in [2.24, 2.45) is 5.92 Å². The summed E-state index contributed by atoms with van der Waals surface area (Å²) in [6.45, 7) is 9.48. The van der Waals surface area contributed by atoms with E-state index in [9.17, 15) is 9.59 Å². The number of aromatic nitrogens is 2. The third kappa shape index (κ3) is 4.99. The number of carbonyl (C=O) groups is 2. The Morgan fingerprint density at radius 1 is 1.26 bits per heavy atom. The van der Waals surface area contributed by atoms with Crippen molar-refractivity contribution in [3.8, 4) is 0 Å². The third-order valence-corrected chi connectivity index (χ3v) is 5.19. The molecule has 3 heterocycles. The molecular formula is C19H30N4O4. The van der Waals surface area contributed by atoms with E-state index in [2.05, 4.69) is 10.1 Å². The van der Waals surface area contributed by atoms with Crippen LogP contribution in [0.25, 0.3) is 0 Å². The van der Waals surface area contributed by atoms with Gasteiger partial charge in [-0.2, -0.15) is 4.98 Å². The van der Waals surface area contributed by atoms with Gasteiger partial charge >= 0.3 is 6.09 Å². The smallest absolute Gasteiger partial charge is 0.410 e. The van der Waals surface area contributed by atoms with E-state index in [1.807, 2.05) is 30.6 Å². The maximum atomic E-state index is 12.6. The van der Waals surface area contributed by atoms with Gasteiger partial charge in [-0.1, -0.05) is 5.16 Å². The van der Waals surface area contributed by atoms with Crippen LogP contribution in [0.15, 0.2) is 4.52 Å². The maximum Gasteiger partial charge on any atom is 0.410 e. The maximum absolute atomic E-state index is 12.6. The summed E-state index contributed by atoms with van der Waals surface area (Å²) < 4.78 is 10.6. The van der Waals surface area contributed by atoms with Gasteiger partial charge in [0.25, 0.3) is 0 Å². The lowest BCUT2D eigenvalue weighted by Gasteiger charge is -2.38. The quantitative estimate of drug-likeness (QED) is 0.800. The van der Waals surface area contributed by atoms with E-state index in [-0.39, 0.29) is 18.0 Å². The van der Waals surface area contributed by atoms with Crippen molar-refractivity contribution in [1.29, 1.82) is 0 Å². The van der Waals surface area contributed by atoms with Crippen molar-refractivity contribution in [2.45, 2.75) is 71.4 Å². The van der Waals surface area contributed by atoms with Crippen molar-refractivity contribution in [2.75, 3.05) is 19.6 Å². The van der Waals surface area contributed by atoms with E-state index in [0.29, 0.717) is 50.0 Å². The molecule has 2 aliphatic rings. The molecule has 2 amide bonds. The summed E-state index contributed by atoms with van der Waals surface area (Å²) in [5.74, 6) is 1.77. The standard InChI is InChI=1S/C19H30N4O4/c1-13-20-16(27-21-13)6-5-7-17(24)22-10-8-14-9-11-23(15(14)12-22)18(25)26-19(2,3)4/h14-15H,5-12H2,1-4H3/t14-,15+/m1/s1. The van der Waals surface area contributed by atoms with Crippen LogP contribution in [0.1, 0.15) is 58.2 Å². The molecule has 0 radical (unpaired) electrons. The first kappa shape index (κ1) is 19.6. The molecule has 2 saturated heterocycles. The van der Waals surface area contributed by atoms with Crippen LogP contribution in [0, 0.1) is 12.8 Å². The third-order valence-electron chi connectivity index (χ3n) is 5.19. The molecule has 3 rings (SSSR count). The minimum atomic E-state index is -0.507. The average Bonchev–Trinajstić information content (AvgIpc) is 3.18. The van der Waals surface area contributed by atoms with Gasteiger partial charge < -0.3 is 19.1 Å². The zero-order valence-corrected chi connectivity index (χ0v) is 16.7. The van der Waals surface area contributed by atoms with E-state index in [1.54, 1.807) is 6.92 Å². The van der Waals surface area contributed by atoms with Crippen LogP contribution in [0.4, 0.5) is 4.79 Å². The largest absolute Gasteiger partial charge is 0.444 e. The van der Waals surface area contributed by atoms with Gasteiger partial charge in [0.1, 0.15) is 5.60 Å². The van der Waals surface area contributed by atoms with Crippen molar-refractivity contribution in [1.82, 2.24) is 19.9 Å². The van der Waals surface area contributed by atoms with Crippen molar-refractivity contribution >= 4 is 12.0 Å². The minimum Gasteiger partial charge on any atom is -0.444 e. The summed E-state index contributed by atoms with van der Waals surface area (Å²) in [6.07, 6.45) is 3.40. The molecule has 2 atom stereocenters. The number of aryl methyl sites for hydroxylation is 2. The van der Waals surface area contributed by atoms with Gasteiger partial charge in [-0.25, -0.2) is 4.79 Å². The number of carbonyl (C=O) groups excluding carboxylic acids is 2. The highest BCUT2D eigenvalue weighted by molar-refractivity contribution is 5.76. The Labute approximate surface area is 160 Å². The fourth-order valence-corrected chi connectivity index (χ4v) is 3.90. The van der Waals surface area contributed by atoms with Crippen LogP contribution in [-0.2, 0) is 16.0 Å². The Hall–Kier alpha value is -2.12. The highest BCUT2D eigenvalue weighted by Gasteiger charge is 2.42. The summed E-state index contributed by atoms with van der Waals surface area (Å²) in [5, 5.41) is 3.76. The average molecular weight is 378 g/mol. The monoisotopic (exact) mass is 378 g/mol. The van der Waals surface area contributed by atoms with Gasteiger partial charge in [0, 0.05) is 32.5 Å². The molecule has 2 aliphatic heterocycles. The molecule has 0 aromatic carbocycles. The Bertz CT molecular complexity index is 681. The fourth-order valence-electron chi connectivity index (χ4n) is 3.90. The number of nitrogens with zero attached hydrogens (tertiary/aromatic N) is 4. The predicted molar refractivity (Wildman–Crippen MR) is 98.0 cm³/mol. The Balaban J connectivity index is 1.51. The number of likely N-dealkylation sites (tertiary alicyclic amines) is 2. The summed E-state index contributed by atoms with van der Waals surface area (Å²) in [7, 11) is 0. The molecule has 8 nitrogen and oxygen atoms in total. The van der Waals surface area contributed by atoms with Gasteiger partial charge in [-0.3, -0.25) is 4.79 Å². The lowest BCUT2D eigenvalue weighted by atomic mass is 9.92. The summed E-state index contributed by atoms with van der Waals surface area (Å²) in [6, 6.07) is 0.0659. The number of hydrogen-bond donors (Lipinski definition) is 0. The second kappa shape index (κ2) is 7.86. The van der Waals surface area contributed by atoms with Gasteiger partial charge in [-0.05, 0) is 52.9 Å². The fraction of sp³-hybridized carbons (Fsp3) is 0.789. The van der Waals surface area contributed by atoms with Crippen LogP contribution >= 0.6 is 0 Å². The molecule has 0 unspecified atom stereocenters. The summed E-state index contributed by atoms with van der Waals surface area (Å²) in [4.78, 5) is 33.0. The molecule has 0 saturated carbocycles. The van der Waals surface area contributed by atoms with Crippen molar-refractivity contribution in [3.63, 3.8) is 0 Å². The Morgan fingerprint density at radius 2 is 2.00 bits per heavy atom. The molecule has 1 aromatic rings. The number of fused-ring (bicyclic) bond motifs is 1. The highest BCUT2D eigenvalue weighted by atomic mass is 16.6. The van der Waals surface area contributed by atoms with Crippen molar-refractivity contribution < 1.29 is 18.8 Å². The van der Waals surface area contributed by atoms with Crippen LogP contribution in [0.2, 0.25) is 0 Å². The Morgan fingerprint density at radius 3 is 2.67 bits per heavy atom. The normalized spacial score (nSPS) is 22.7. The van der Waals surface area contributed by atoms with Crippen LogP contribution < -0.4 is 0 Å². The number of amides is 2. The molecule has 0 bridgehead atoms. The zero-order valence-electron chi connectivity index (χ0n) is 16.7. The number of ether oxygens (including phenoxy) is 1. The van der Waals surface area contributed by atoms with Gasteiger partial charge in [0.15, 0.2) is 5.82 Å². The van der Waals surface area contributed by atoms with Crippen LogP contribution in [0.5, 0.6) is 0 Å². The molecule has 8 heteroatoms. The lowest BCUT2D eigenvalue weighted by Crippen LogP contribution is -2.52.